The number of piperidine rings is 1. The number of ether oxygens (including phenoxy) is 2. The number of urea groups is 1. The number of benzene rings is 1. The summed E-state index contributed by atoms with van der Waals surface area (Å²) in [7, 11) is 3.30. The number of halogens is 1. The molecule has 0 bridgehead atoms. The highest BCUT2D eigenvalue weighted by atomic mass is 35.5. The molecule has 1 unspecified atom stereocenters. The maximum Gasteiger partial charge on any atom is 0.406 e. The zero-order chi connectivity index (χ0) is 26.6. The minimum absolute atomic E-state index is 0.00446. The quantitative estimate of drug-likeness (QED) is 0.341. The summed E-state index contributed by atoms with van der Waals surface area (Å²) in [5, 5.41) is 10.0. The average Bonchev–Trinajstić information content (AvgIpc) is 2.92. The van der Waals surface area contributed by atoms with Crippen LogP contribution in [-0.4, -0.2) is 69.5 Å². The van der Waals surface area contributed by atoms with E-state index in [9.17, 15) is 9.59 Å². The summed E-state index contributed by atoms with van der Waals surface area (Å²) in [4.78, 5) is 26.8. The number of alkyl carbamates (subject to hydrolysis) is 1. The smallest absolute Gasteiger partial charge is 0.406 e. The predicted molar refractivity (Wildman–Crippen MR) is 147 cm³/mol. The van der Waals surface area contributed by atoms with Crippen LogP contribution in [0.3, 0.4) is 0 Å². The molecular formula is C28H45ClN4O4. The van der Waals surface area contributed by atoms with Gasteiger partial charge in [0.05, 0.1) is 19.8 Å². The van der Waals surface area contributed by atoms with Gasteiger partial charge in [-0.3, -0.25) is 0 Å². The van der Waals surface area contributed by atoms with Gasteiger partial charge >= 0.3 is 12.1 Å². The molecule has 1 aromatic carbocycles. The molecule has 9 heteroatoms. The summed E-state index contributed by atoms with van der Waals surface area (Å²) in [5.41, 5.74) is 0.983. The molecule has 37 heavy (non-hydrogen) atoms. The van der Waals surface area contributed by atoms with E-state index in [-0.39, 0.29) is 30.1 Å². The lowest BCUT2D eigenvalue weighted by molar-refractivity contribution is -0.00870. The molecule has 3 amide bonds. The molecule has 1 saturated heterocycles. The van der Waals surface area contributed by atoms with E-state index in [0.717, 1.165) is 31.4 Å². The number of likely N-dealkylation sites (N-methyl/N-ethyl adjacent to an activating group) is 1. The van der Waals surface area contributed by atoms with Gasteiger partial charge in [-0.1, -0.05) is 55.8 Å². The first-order chi connectivity index (χ1) is 17.9. The Labute approximate surface area is 227 Å². The molecule has 8 nitrogen and oxygen atoms in total. The summed E-state index contributed by atoms with van der Waals surface area (Å²) in [6.45, 7) is 4.16. The van der Waals surface area contributed by atoms with Crippen molar-refractivity contribution in [1.29, 1.82) is 0 Å². The Morgan fingerprint density at radius 3 is 2.65 bits per heavy atom. The third kappa shape index (κ3) is 9.34. The highest BCUT2D eigenvalue weighted by molar-refractivity contribution is 6.30. The summed E-state index contributed by atoms with van der Waals surface area (Å²) in [6.07, 6.45) is 8.62. The maximum atomic E-state index is 13.5. The summed E-state index contributed by atoms with van der Waals surface area (Å²) in [6, 6.07) is 8.01. The summed E-state index contributed by atoms with van der Waals surface area (Å²) < 4.78 is 10.9. The third-order valence-electron chi connectivity index (χ3n) is 7.88. The molecule has 0 spiro atoms. The standard InChI is InChI=1S/C28H45ClN4O4/c1-20(30-2)25(17-21-9-5-4-6-10-21)32-27(34)33-15-8-12-23(19-33)26(22-11-7-13-24(29)18-22)37-16-14-31-28(35)36-3/h7,11,13,18,20-21,23,25-26,30H,4-6,8-10,12,14-17,19H2,1-3H3,(H,31,35)(H,32,34)/t20-,23-,25+,26?/m1/s1. The predicted octanol–water partition coefficient (Wildman–Crippen LogP) is 5.12. The molecular weight excluding hydrogens is 492 g/mol. The Morgan fingerprint density at radius 2 is 1.95 bits per heavy atom. The van der Waals surface area contributed by atoms with Crippen LogP contribution in [0.1, 0.15) is 70.0 Å². The first-order valence-corrected chi connectivity index (χ1v) is 14.2. The Bertz CT molecular complexity index is 851. The van der Waals surface area contributed by atoms with Crippen LogP contribution in [0, 0.1) is 11.8 Å². The first kappa shape index (κ1) is 29.5. The van der Waals surface area contributed by atoms with Crippen LogP contribution < -0.4 is 16.0 Å². The molecule has 2 fully saturated rings. The molecule has 1 aliphatic carbocycles. The number of nitrogens with one attached hydrogen (secondary N) is 3. The van der Waals surface area contributed by atoms with E-state index in [1.165, 1.54) is 39.2 Å². The van der Waals surface area contributed by atoms with Crippen molar-refractivity contribution in [1.82, 2.24) is 20.9 Å². The van der Waals surface area contributed by atoms with Gasteiger partial charge < -0.3 is 30.3 Å². The highest BCUT2D eigenvalue weighted by Gasteiger charge is 2.33. The molecule has 0 radical (unpaired) electrons. The maximum absolute atomic E-state index is 13.5. The largest absolute Gasteiger partial charge is 0.453 e. The highest BCUT2D eigenvalue weighted by Crippen LogP contribution is 2.34. The number of carbonyl (C=O) groups is 2. The van der Waals surface area contributed by atoms with Crippen molar-refractivity contribution in [3.63, 3.8) is 0 Å². The molecule has 1 heterocycles. The number of carbonyl (C=O) groups excluding carboxylic acids is 2. The zero-order valence-corrected chi connectivity index (χ0v) is 23.4. The second kappa shape index (κ2) is 15.4. The Morgan fingerprint density at radius 1 is 1.16 bits per heavy atom. The van der Waals surface area contributed by atoms with Crippen molar-refractivity contribution in [3.05, 3.63) is 34.9 Å². The molecule has 4 atom stereocenters. The molecule has 1 saturated carbocycles. The fraction of sp³-hybridized carbons (Fsp3) is 0.714. The zero-order valence-electron chi connectivity index (χ0n) is 22.6. The van der Waals surface area contributed by atoms with Gasteiger partial charge in [-0.15, -0.1) is 0 Å². The number of methoxy groups -OCH3 is 1. The Hall–Kier alpha value is -2.03. The molecule has 3 N–H and O–H groups in total. The fourth-order valence-electron chi connectivity index (χ4n) is 5.66. The molecule has 3 rings (SSSR count). The van der Waals surface area contributed by atoms with Crippen LogP contribution >= 0.6 is 11.6 Å². The second-order valence-corrected chi connectivity index (χ2v) is 10.9. The molecule has 2 aliphatic rings. The number of hydrogen-bond donors (Lipinski definition) is 3. The van der Waals surface area contributed by atoms with Crippen molar-refractivity contribution >= 4 is 23.7 Å². The van der Waals surface area contributed by atoms with Gasteiger partial charge in [-0.2, -0.15) is 0 Å². The number of nitrogens with zero attached hydrogens (tertiary/aromatic N) is 1. The fourth-order valence-corrected chi connectivity index (χ4v) is 5.86. The van der Waals surface area contributed by atoms with Crippen LogP contribution in [0.15, 0.2) is 24.3 Å². The second-order valence-electron chi connectivity index (χ2n) is 10.5. The lowest BCUT2D eigenvalue weighted by Gasteiger charge is -2.38. The van der Waals surface area contributed by atoms with Crippen LogP contribution in [0.4, 0.5) is 9.59 Å². The van der Waals surface area contributed by atoms with Crippen LogP contribution in [0.25, 0.3) is 0 Å². The van der Waals surface area contributed by atoms with Crippen LogP contribution in [0.2, 0.25) is 5.02 Å². The van der Waals surface area contributed by atoms with E-state index in [2.05, 4.69) is 27.6 Å². The van der Waals surface area contributed by atoms with Crippen molar-refractivity contribution in [2.75, 3.05) is 40.4 Å². The van der Waals surface area contributed by atoms with Gasteiger partial charge in [0.15, 0.2) is 0 Å². The lowest BCUT2D eigenvalue weighted by Crippen LogP contribution is -2.54. The number of likely N-dealkylation sites (tertiary alicyclic amines) is 1. The van der Waals surface area contributed by atoms with Gasteiger partial charge in [0.1, 0.15) is 0 Å². The van der Waals surface area contributed by atoms with E-state index < -0.39 is 6.09 Å². The first-order valence-electron chi connectivity index (χ1n) is 13.8. The number of hydrogen-bond acceptors (Lipinski definition) is 5. The molecule has 1 aromatic rings. The summed E-state index contributed by atoms with van der Waals surface area (Å²) >= 11 is 6.30. The van der Waals surface area contributed by atoms with E-state index >= 15 is 0 Å². The van der Waals surface area contributed by atoms with Crippen LogP contribution in [0.5, 0.6) is 0 Å². The van der Waals surface area contributed by atoms with Crippen molar-refractivity contribution in [2.45, 2.75) is 76.5 Å². The van der Waals surface area contributed by atoms with Crippen molar-refractivity contribution < 1.29 is 19.1 Å². The van der Waals surface area contributed by atoms with E-state index in [1.807, 2.05) is 36.2 Å². The van der Waals surface area contributed by atoms with Gasteiger partial charge in [-0.05, 0) is 56.8 Å². The number of amides is 3. The molecule has 0 aromatic heterocycles. The molecule has 1 aliphatic heterocycles. The van der Waals surface area contributed by atoms with Crippen molar-refractivity contribution in [3.8, 4) is 0 Å². The van der Waals surface area contributed by atoms with Crippen LogP contribution in [-0.2, 0) is 9.47 Å². The van der Waals surface area contributed by atoms with Gasteiger partial charge in [0.25, 0.3) is 0 Å². The average molecular weight is 537 g/mol. The topological polar surface area (TPSA) is 91.9 Å². The van der Waals surface area contributed by atoms with E-state index in [0.29, 0.717) is 30.6 Å². The normalized spacial score (nSPS) is 21.1. The monoisotopic (exact) mass is 536 g/mol. The van der Waals surface area contributed by atoms with E-state index in [1.54, 1.807) is 0 Å². The van der Waals surface area contributed by atoms with Gasteiger partial charge in [0, 0.05) is 42.7 Å². The lowest BCUT2D eigenvalue weighted by atomic mass is 9.83. The summed E-state index contributed by atoms with van der Waals surface area (Å²) in [5.74, 6) is 0.803. The van der Waals surface area contributed by atoms with Crippen molar-refractivity contribution in [2.24, 2.45) is 11.8 Å². The number of rotatable bonds is 11. The minimum Gasteiger partial charge on any atom is -0.453 e. The van der Waals surface area contributed by atoms with Gasteiger partial charge in [0.2, 0.25) is 0 Å². The van der Waals surface area contributed by atoms with E-state index in [4.69, 9.17) is 16.3 Å². The SMILES string of the molecule is CN[C@H](C)[C@H](CC1CCCCC1)NC(=O)N1CCC[C@@H](C(OCCNC(=O)OC)c2cccc(Cl)c2)C1. The third-order valence-corrected chi connectivity index (χ3v) is 8.12. The Balaban J connectivity index is 1.65. The molecule has 208 valence electrons. The van der Waals surface area contributed by atoms with Gasteiger partial charge in [-0.25, -0.2) is 9.59 Å². The Kier molecular flexibility index (Phi) is 12.3. The minimum atomic E-state index is -0.484.